The van der Waals surface area contributed by atoms with Gasteiger partial charge in [-0.25, -0.2) is 4.79 Å². The maximum absolute atomic E-state index is 12.3. The van der Waals surface area contributed by atoms with Gasteiger partial charge in [-0.15, -0.1) is 0 Å². The lowest BCUT2D eigenvalue weighted by Crippen LogP contribution is -2.16. The summed E-state index contributed by atoms with van der Waals surface area (Å²) < 4.78 is 0. The van der Waals surface area contributed by atoms with Crippen LogP contribution >= 0.6 is 0 Å². The van der Waals surface area contributed by atoms with Gasteiger partial charge in [-0.3, -0.25) is 9.78 Å². The minimum Gasteiger partial charge on any atom is -0.478 e. The van der Waals surface area contributed by atoms with Crippen molar-refractivity contribution in [1.29, 1.82) is 0 Å². The van der Waals surface area contributed by atoms with Gasteiger partial charge in [0, 0.05) is 6.20 Å². The molecule has 130 valence electrons. The van der Waals surface area contributed by atoms with Crippen LogP contribution in [-0.2, 0) is 12.8 Å². The van der Waals surface area contributed by atoms with Gasteiger partial charge in [0.05, 0.1) is 11.3 Å². The van der Waals surface area contributed by atoms with Crippen LogP contribution < -0.4 is 5.32 Å². The van der Waals surface area contributed by atoms with Crippen molar-refractivity contribution in [3.8, 4) is 0 Å². The average Bonchev–Trinajstić information content (AvgIpc) is 2.68. The van der Waals surface area contributed by atoms with Crippen LogP contribution in [0.5, 0.6) is 0 Å². The molecular formula is C21H18N2O3. The number of hydrogen-bond donors (Lipinski definition) is 2. The van der Waals surface area contributed by atoms with Crippen molar-refractivity contribution in [2.75, 3.05) is 5.32 Å². The predicted octanol–water partition coefficient (Wildman–Crippen LogP) is 3.82. The molecular weight excluding hydrogens is 328 g/mol. The fraction of sp³-hybridized carbons (Fsp3) is 0.0952. The summed E-state index contributed by atoms with van der Waals surface area (Å²) in [5.74, 6) is -1.52. The summed E-state index contributed by atoms with van der Waals surface area (Å²) in [6, 6.07) is 20.1. The number of rotatable bonds is 6. The highest BCUT2D eigenvalue weighted by Gasteiger charge is 2.15. The molecule has 0 radical (unpaired) electrons. The van der Waals surface area contributed by atoms with E-state index in [9.17, 15) is 14.7 Å². The van der Waals surface area contributed by atoms with Crippen molar-refractivity contribution >= 4 is 17.6 Å². The quantitative estimate of drug-likeness (QED) is 0.711. The third kappa shape index (κ3) is 4.33. The average molecular weight is 346 g/mol. The third-order valence-electron chi connectivity index (χ3n) is 4.01. The first kappa shape index (κ1) is 17.4. The van der Waals surface area contributed by atoms with Crippen LogP contribution in [0.15, 0.2) is 72.9 Å². The van der Waals surface area contributed by atoms with Crippen molar-refractivity contribution in [2.24, 2.45) is 0 Å². The zero-order chi connectivity index (χ0) is 18.4. The lowest BCUT2D eigenvalue weighted by molar-refractivity contribution is 0.0698. The number of nitrogens with one attached hydrogen (secondary N) is 1. The topological polar surface area (TPSA) is 79.3 Å². The Morgan fingerprint density at radius 3 is 2.31 bits per heavy atom. The Morgan fingerprint density at radius 2 is 1.62 bits per heavy atom. The summed E-state index contributed by atoms with van der Waals surface area (Å²) in [5.41, 5.74) is 2.72. The molecule has 0 saturated carbocycles. The van der Waals surface area contributed by atoms with E-state index in [4.69, 9.17) is 0 Å². The Labute approximate surface area is 151 Å². The number of carboxylic acid groups (broad SMARTS) is 1. The highest BCUT2D eigenvalue weighted by molar-refractivity contribution is 6.06. The Morgan fingerprint density at radius 1 is 0.885 bits per heavy atom. The fourth-order valence-electron chi connectivity index (χ4n) is 2.65. The van der Waals surface area contributed by atoms with Crippen LogP contribution in [0.4, 0.5) is 5.69 Å². The number of anilines is 1. The Balaban J connectivity index is 1.80. The molecule has 5 heteroatoms. The number of carbonyl (C=O) groups is 2. The zero-order valence-electron chi connectivity index (χ0n) is 14.1. The molecule has 1 amide bonds. The molecule has 0 spiro atoms. The minimum absolute atomic E-state index is 0.0535. The molecule has 0 aliphatic heterocycles. The van der Waals surface area contributed by atoms with Crippen molar-refractivity contribution in [1.82, 2.24) is 4.98 Å². The molecule has 0 aliphatic rings. The van der Waals surface area contributed by atoms with Gasteiger partial charge in [-0.05, 0) is 48.2 Å². The number of amides is 1. The normalized spacial score (nSPS) is 10.3. The predicted molar refractivity (Wildman–Crippen MR) is 99.4 cm³/mol. The second-order valence-corrected chi connectivity index (χ2v) is 5.84. The molecule has 1 heterocycles. The molecule has 0 atom stereocenters. The van der Waals surface area contributed by atoms with Crippen molar-refractivity contribution in [3.05, 3.63) is 95.3 Å². The van der Waals surface area contributed by atoms with E-state index in [0.717, 1.165) is 18.4 Å². The molecule has 0 unspecified atom stereocenters. The molecule has 2 N–H and O–H groups in total. The lowest BCUT2D eigenvalue weighted by Gasteiger charge is -2.11. The van der Waals surface area contributed by atoms with Gasteiger partial charge in [-0.1, -0.05) is 42.5 Å². The molecule has 3 aromatic rings. The number of carboxylic acids is 1. The number of hydrogen-bond acceptors (Lipinski definition) is 3. The van der Waals surface area contributed by atoms with Gasteiger partial charge in [0.1, 0.15) is 5.69 Å². The van der Waals surface area contributed by atoms with Crippen LogP contribution in [0.1, 0.15) is 32.0 Å². The van der Waals surface area contributed by atoms with Crippen LogP contribution in [-0.4, -0.2) is 22.0 Å². The molecule has 3 rings (SSSR count). The molecule has 5 nitrogen and oxygen atoms in total. The van der Waals surface area contributed by atoms with E-state index in [1.165, 1.54) is 17.8 Å². The van der Waals surface area contributed by atoms with Gasteiger partial charge in [0.15, 0.2) is 0 Å². The van der Waals surface area contributed by atoms with Crippen LogP contribution in [0.2, 0.25) is 0 Å². The summed E-state index contributed by atoms with van der Waals surface area (Å²) in [7, 11) is 0. The van der Waals surface area contributed by atoms with Crippen molar-refractivity contribution < 1.29 is 14.7 Å². The zero-order valence-corrected chi connectivity index (χ0v) is 14.1. The maximum Gasteiger partial charge on any atom is 0.337 e. The highest BCUT2D eigenvalue weighted by atomic mass is 16.4. The first-order valence-corrected chi connectivity index (χ1v) is 8.26. The summed E-state index contributed by atoms with van der Waals surface area (Å²) in [6.07, 6.45) is 3.10. The van der Waals surface area contributed by atoms with Gasteiger partial charge < -0.3 is 10.4 Å². The first-order valence-electron chi connectivity index (χ1n) is 8.26. The number of aromatic carboxylic acids is 1. The third-order valence-corrected chi connectivity index (χ3v) is 4.01. The summed E-state index contributed by atoms with van der Waals surface area (Å²) in [6.45, 7) is 0. The number of carbonyl (C=O) groups excluding carboxylic acids is 1. The monoisotopic (exact) mass is 346 g/mol. The SMILES string of the molecule is O=C(Nc1cc(CCc2ccccc2)ccc1C(=O)O)c1ccccn1. The molecule has 2 aromatic carbocycles. The van der Waals surface area contributed by atoms with E-state index >= 15 is 0 Å². The number of aromatic nitrogens is 1. The largest absolute Gasteiger partial charge is 0.478 e. The Bertz CT molecular complexity index is 909. The molecule has 0 bridgehead atoms. The molecule has 0 aliphatic carbocycles. The standard InChI is InChI=1S/C21H18N2O3/c24-20(18-8-4-5-13-22-18)23-19-14-16(11-12-17(19)21(25)26)10-9-15-6-2-1-3-7-15/h1-8,11-14H,9-10H2,(H,23,24)(H,25,26). The molecule has 0 fully saturated rings. The number of nitrogens with zero attached hydrogens (tertiary/aromatic N) is 1. The van der Waals surface area contributed by atoms with E-state index in [2.05, 4.69) is 22.4 Å². The number of aryl methyl sites for hydroxylation is 2. The van der Waals surface area contributed by atoms with Crippen LogP contribution in [0, 0.1) is 0 Å². The summed E-state index contributed by atoms with van der Waals surface area (Å²) in [4.78, 5) is 27.8. The highest BCUT2D eigenvalue weighted by Crippen LogP contribution is 2.20. The van der Waals surface area contributed by atoms with E-state index in [1.807, 2.05) is 18.2 Å². The molecule has 0 saturated heterocycles. The Kier molecular flexibility index (Phi) is 5.39. The second-order valence-electron chi connectivity index (χ2n) is 5.84. The number of pyridine rings is 1. The van der Waals surface area contributed by atoms with E-state index < -0.39 is 11.9 Å². The molecule has 26 heavy (non-hydrogen) atoms. The van der Waals surface area contributed by atoms with Gasteiger partial charge in [0.25, 0.3) is 5.91 Å². The first-order chi connectivity index (χ1) is 12.6. The fourth-order valence-corrected chi connectivity index (χ4v) is 2.65. The molecule has 1 aromatic heterocycles. The smallest absolute Gasteiger partial charge is 0.337 e. The van der Waals surface area contributed by atoms with Crippen LogP contribution in [0.25, 0.3) is 0 Å². The summed E-state index contributed by atoms with van der Waals surface area (Å²) >= 11 is 0. The van der Waals surface area contributed by atoms with Crippen molar-refractivity contribution in [3.63, 3.8) is 0 Å². The Hall–Kier alpha value is -3.47. The lowest BCUT2D eigenvalue weighted by atomic mass is 10.0. The minimum atomic E-state index is -1.09. The van der Waals surface area contributed by atoms with Crippen LogP contribution in [0.3, 0.4) is 0 Å². The van der Waals surface area contributed by atoms with Gasteiger partial charge in [0.2, 0.25) is 0 Å². The van der Waals surface area contributed by atoms with Crippen molar-refractivity contribution in [2.45, 2.75) is 12.8 Å². The summed E-state index contributed by atoms with van der Waals surface area (Å²) in [5, 5.41) is 12.0. The second kappa shape index (κ2) is 8.07. The van der Waals surface area contributed by atoms with Gasteiger partial charge in [-0.2, -0.15) is 0 Å². The van der Waals surface area contributed by atoms with Gasteiger partial charge >= 0.3 is 5.97 Å². The van der Waals surface area contributed by atoms with E-state index in [1.54, 1.807) is 30.3 Å². The maximum atomic E-state index is 12.3. The van der Waals surface area contributed by atoms with E-state index in [0.29, 0.717) is 0 Å². The van der Waals surface area contributed by atoms with E-state index in [-0.39, 0.29) is 16.9 Å². The number of benzene rings is 2.